The minimum Gasteiger partial charge on any atom is -0.294 e. The number of rotatable bonds is 6. The van der Waals surface area contributed by atoms with Crippen LogP contribution in [0, 0.1) is 5.92 Å². The third-order valence-electron chi connectivity index (χ3n) is 4.41. The highest BCUT2D eigenvalue weighted by molar-refractivity contribution is 7.99. The maximum absolute atomic E-state index is 12.3. The molecule has 0 N–H and O–H groups in total. The van der Waals surface area contributed by atoms with Crippen LogP contribution in [0.25, 0.3) is 0 Å². The van der Waals surface area contributed by atoms with E-state index in [1.807, 2.05) is 30.3 Å². The number of benzene rings is 2. The van der Waals surface area contributed by atoms with Gasteiger partial charge in [0.1, 0.15) is 0 Å². The minimum atomic E-state index is 0.295. The summed E-state index contributed by atoms with van der Waals surface area (Å²) >= 11 is 1.73. The summed E-state index contributed by atoms with van der Waals surface area (Å²) in [7, 11) is 0. The van der Waals surface area contributed by atoms with Crippen molar-refractivity contribution in [1.82, 2.24) is 0 Å². The molecular formula is C20H22OS. The highest BCUT2D eigenvalue weighted by Gasteiger charge is 2.16. The summed E-state index contributed by atoms with van der Waals surface area (Å²) < 4.78 is 0. The van der Waals surface area contributed by atoms with Crippen molar-refractivity contribution in [2.24, 2.45) is 5.92 Å². The fraction of sp³-hybridized carbons (Fsp3) is 0.350. The fourth-order valence-electron chi connectivity index (χ4n) is 3.11. The lowest BCUT2D eigenvalue weighted by atomic mass is 9.97. The highest BCUT2D eigenvalue weighted by atomic mass is 32.2. The Bertz CT molecular complexity index is 597. The van der Waals surface area contributed by atoms with Crippen LogP contribution in [-0.4, -0.2) is 5.78 Å². The molecule has 2 heteroatoms. The Morgan fingerprint density at radius 2 is 1.55 bits per heavy atom. The van der Waals surface area contributed by atoms with Gasteiger partial charge in [0.05, 0.1) is 0 Å². The molecule has 0 aliphatic heterocycles. The summed E-state index contributed by atoms with van der Waals surface area (Å²) in [4.78, 5) is 14.7. The molecule has 0 heterocycles. The molecule has 3 rings (SSSR count). The molecule has 0 spiro atoms. The second kappa shape index (κ2) is 7.64. The van der Waals surface area contributed by atoms with E-state index >= 15 is 0 Å². The molecule has 1 aliphatic carbocycles. The zero-order valence-electron chi connectivity index (χ0n) is 12.8. The normalized spacial score (nSPS) is 15.1. The number of Topliss-reactive ketones (excluding diaryl/α,β-unsaturated/α-hetero) is 1. The molecule has 0 radical (unpaired) electrons. The SMILES string of the molecule is O=C(CCC1CCCC1)c1ccc(Sc2ccccc2)cc1. The van der Waals surface area contributed by atoms with Crippen LogP contribution >= 0.6 is 11.8 Å². The molecule has 0 unspecified atom stereocenters. The summed E-state index contributed by atoms with van der Waals surface area (Å²) in [5.74, 6) is 1.08. The molecule has 114 valence electrons. The summed E-state index contributed by atoms with van der Waals surface area (Å²) in [6, 6.07) is 18.4. The van der Waals surface area contributed by atoms with E-state index in [9.17, 15) is 4.79 Å². The fourth-order valence-corrected chi connectivity index (χ4v) is 3.95. The average Bonchev–Trinajstić information content (AvgIpc) is 3.08. The van der Waals surface area contributed by atoms with Gasteiger partial charge < -0.3 is 0 Å². The van der Waals surface area contributed by atoms with Crippen molar-refractivity contribution in [3.63, 3.8) is 0 Å². The first kappa shape index (κ1) is 15.4. The average molecular weight is 310 g/mol. The first-order valence-corrected chi connectivity index (χ1v) is 8.99. The van der Waals surface area contributed by atoms with E-state index in [1.165, 1.54) is 35.5 Å². The zero-order valence-corrected chi connectivity index (χ0v) is 13.6. The van der Waals surface area contributed by atoms with Gasteiger partial charge in [0.2, 0.25) is 0 Å². The number of carbonyl (C=O) groups excluding carboxylic acids is 1. The van der Waals surface area contributed by atoms with Gasteiger partial charge in [0.15, 0.2) is 5.78 Å². The Kier molecular flexibility index (Phi) is 5.33. The van der Waals surface area contributed by atoms with Gasteiger partial charge in [-0.1, -0.05) is 67.8 Å². The van der Waals surface area contributed by atoms with Crippen molar-refractivity contribution in [2.45, 2.75) is 48.3 Å². The van der Waals surface area contributed by atoms with Crippen molar-refractivity contribution >= 4 is 17.5 Å². The topological polar surface area (TPSA) is 17.1 Å². The molecule has 0 bridgehead atoms. The molecule has 1 fully saturated rings. The van der Waals surface area contributed by atoms with E-state index in [2.05, 4.69) is 24.3 Å². The molecule has 0 atom stereocenters. The number of carbonyl (C=O) groups is 1. The lowest BCUT2D eigenvalue weighted by Crippen LogP contribution is -2.02. The molecule has 0 amide bonds. The smallest absolute Gasteiger partial charge is 0.162 e. The monoisotopic (exact) mass is 310 g/mol. The van der Waals surface area contributed by atoms with E-state index in [1.54, 1.807) is 11.8 Å². The minimum absolute atomic E-state index is 0.295. The molecule has 2 aromatic carbocycles. The van der Waals surface area contributed by atoms with Crippen molar-refractivity contribution in [2.75, 3.05) is 0 Å². The predicted molar refractivity (Wildman–Crippen MR) is 92.5 cm³/mol. The van der Waals surface area contributed by atoms with E-state index in [0.29, 0.717) is 12.2 Å². The van der Waals surface area contributed by atoms with Gasteiger partial charge in [-0.15, -0.1) is 0 Å². The van der Waals surface area contributed by atoms with E-state index in [0.717, 1.165) is 17.9 Å². The Morgan fingerprint density at radius 3 is 2.23 bits per heavy atom. The second-order valence-electron chi connectivity index (χ2n) is 6.05. The summed E-state index contributed by atoms with van der Waals surface area (Å²) in [6.45, 7) is 0. The van der Waals surface area contributed by atoms with Gasteiger partial charge >= 0.3 is 0 Å². The Hall–Kier alpha value is -1.54. The van der Waals surface area contributed by atoms with E-state index < -0.39 is 0 Å². The van der Waals surface area contributed by atoms with Crippen molar-refractivity contribution < 1.29 is 4.79 Å². The summed E-state index contributed by atoms with van der Waals surface area (Å²) in [5.41, 5.74) is 0.857. The Balaban J connectivity index is 1.55. The first-order chi connectivity index (χ1) is 10.8. The number of hydrogen-bond donors (Lipinski definition) is 0. The van der Waals surface area contributed by atoms with Crippen LogP contribution in [0.3, 0.4) is 0 Å². The van der Waals surface area contributed by atoms with Gasteiger partial charge in [-0.25, -0.2) is 0 Å². The summed E-state index contributed by atoms with van der Waals surface area (Å²) in [5, 5.41) is 0. The van der Waals surface area contributed by atoms with Gasteiger partial charge in [0.25, 0.3) is 0 Å². The summed E-state index contributed by atoms with van der Waals surface area (Å²) in [6.07, 6.45) is 7.11. The molecular weight excluding hydrogens is 288 g/mol. The van der Waals surface area contributed by atoms with Crippen LogP contribution in [0.2, 0.25) is 0 Å². The van der Waals surface area contributed by atoms with Crippen LogP contribution in [0.4, 0.5) is 0 Å². The van der Waals surface area contributed by atoms with E-state index in [4.69, 9.17) is 0 Å². The number of ketones is 1. The molecule has 22 heavy (non-hydrogen) atoms. The maximum atomic E-state index is 12.3. The third kappa shape index (κ3) is 4.23. The van der Waals surface area contributed by atoms with Crippen LogP contribution < -0.4 is 0 Å². The third-order valence-corrected chi connectivity index (χ3v) is 5.43. The Labute approximate surface area is 137 Å². The standard InChI is InChI=1S/C20H22OS/c21-20(15-10-16-6-4-5-7-16)17-11-13-19(14-12-17)22-18-8-2-1-3-9-18/h1-3,8-9,11-14,16H,4-7,10,15H2. The van der Waals surface area contributed by atoms with Crippen LogP contribution in [0.1, 0.15) is 48.9 Å². The van der Waals surface area contributed by atoms with Crippen LogP contribution in [-0.2, 0) is 0 Å². The first-order valence-electron chi connectivity index (χ1n) is 8.17. The number of hydrogen-bond acceptors (Lipinski definition) is 2. The van der Waals surface area contributed by atoms with Crippen molar-refractivity contribution in [1.29, 1.82) is 0 Å². The lowest BCUT2D eigenvalue weighted by molar-refractivity contribution is 0.0974. The van der Waals surface area contributed by atoms with Crippen LogP contribution in [0.5, 0.6) is 0 Å². The van der Waals surface area contributed by atoms with Crippen molar-refractivity contribution in [3.05, 3.63) is 60.2 Å². The molecule has 1 saturated carbocycles. The Morgan fingerprint density at radius 1 is 0.909 bits per heavy atom. The predicted octanol–water partition coefficient (Wildman–Crippen LogP) is 5.99. The maximum Gasteiger partial charge on any atom is 0.162 e. The highest BCUT2D eigenvalue weighted by Crippen LogP contribution is 2.30. The van der Waals surface area contributed by atoms with Gasteiger partial charge in [-0.05, 0) is 36.6 Å². The molecule has 0 aromatic heterocycles. The van der Waals surface area contributed by atoms with Crippen molar-refractivity contribution in [3.8, 4) is 0 Å². The zero-order chi connectivity index (χ0) is 15.2. The van der Waals surface area contributed by atoms with Crippen LogP contribution in [0.15, 0.2) is 64.4 Å². The van der Waals surface area contributed by atoms with Gasteiger partial charge in [0, 0.05) is 21.8 Å². The molecule has 2 aromatic rings. The van der Waals surface area contributed by atoms with Gasteiger partial charge in [-0.3, -0.25) is 4.79 Å². The largest absolute Gasteiger partial charge is 0.294 e. The second-order valence-corrected chi connectivity index (χ2v) is 7.20. The molecule has 1 nitrogen and oxygen atoms in total. The quantitative estimate of drug-likeness (QED) is 0.609. The molecule has 0 saturated heterocycles. The molecule has 1 aliphatic rings. The lowest BCUT2D eigenvalue weighted by Gasteiger charge is -2.08. The van der Waals surface area contributed by atoms with Gasteiger partial charge in [-0.2, -0.15) is 0 Å². The van der Waals surface area contributed by atoms with E-state index in [-0.39, 0.29) is 0 Å².